The monoisotopic (exact) mass is 1160 g/mol. The van der Waals surface area contributed by atoms with E-state index >= 15 is 0 Å². The highest BCUT2D eigenvalue weighted by Gasteiger charge is 2.38. The van der Waals surface area contributed by atoms with Gasteiger partial charge in [0.05, 0.1) is 31.4 Å². The van der Waals surface area contributed by atoms with Crippen molar-refractivity contribution >= 4 is 82.9 Å². The second-order valence-corrected chi connectivity index (χ2v) is 21.8. The number of aliphatic hydroxyl groups excluding tert-OH is 1. The first-order chi connectivity index (χ1) is 37.4. The van der Waals surface area contributed by atoms with Crippen LogP contribution < -0.4 is 59.3 Å². The minimum atomic E-state index is -2.06. The summed E-state index contributed by atoms with van der Waals surface area (Å²) in [6.45, 7) is 17.9. The van der Waals surface area contributed by atoms with Crippen LogP contribution in [-0.4, -0.2) is 175 Å². The molecule has 0 aliphatic carbocycles. The van der Waals surface area contributed by atoms with Gasteiger partial charge < -0.3 is 84.9 Å². The molecule has 0 aromatic rings. The van der Waals surface area contributed by atoms with Crippen LogP contribution in [0.25, 0.3) is 0 Å². The maximum absolute atomic E-state index is 14.0. The minimum Gasteiger partial charge on any atom is -0.481 e. The Balaban J connectivity index is 6.81. The second kappa shape index (κ2) is 36.0. The van der Waals surface area contributed by atoms with Crippen LogP contribution in [0, 0.1) is 29.6 Å². The molecule has 0 saturated heterocycles. The Labute approximate surface area is 470 Å². The van der Waals surface area contributed by atoms with Gasteiger partial charge in [-0.2, -0.15) is 0 Å². The van der Waals surface area contributed by atoms with Crippen molar-refractivity contribution in [2.75, 3.05) is 0 Å². The summed E-state index contributed by atoms with van der Waals surface area (Å²) in [7, 11) is 0. The van der Waals surface area contributed by atoms with Gasteiger partial charge in [0.15, 0.2) is 0 Å². The highest BCUT2D eigenvalue weighted by molar-refractivity contribution is 6.00. The molecule has 0 spiro atoms. The van der Waals surface area contributed by atoms with Gasteiger partial charge >= 0.3 is 23.9 Å². The summed E-state index contributed by atoms with van der Waals surface area (Å²) in [5, 5.41) is 70.0. The molecule has 0 aromatic carbocycles. The van der Waals surface area contributed by atoms with E-state index in [-0.39, 0.29) is 49.4 Å². The zero-order valence-corrected chi connectivity index (χ0v) is 47.9. The lowest BCUT2D eigenvalue weighted by atomic mass is 9.97. The highest BCUT2D eigenvalue weighted by Crippen LogP contribution is 2.14. The lowest BCUT2D eigenvalue weighted by Crippen LogP contribution is -2.61. The van der Waals surface area contributed by atoms with E-state index in [0.717, 1.165) is 6.92 Å². The van der Waals surface area contributed by atoms with E-state index in [1.165, 1.54) is 0 Å². The molecule has 0 unspecified atom stereocenters. The molecule has 30 nitrogen and oxygen atoms in total. The number of carbonyl (C=O) groups is 14. The van der Waals surface area contributed by atoms with E-state index in [0.29, 0.717) is 6.42 Å². The number of aliphatic carboxylic acids is 4. The molecule has 12 atom stereocenters. The molecule has 0 rings (SSSR count). The molecule has 10 amide bonds. The number of nitrogens with two attached hydrogens (primary N) is 2. The van der Waals surface area contributed by atoms with Gasteiger partial charge in [0.25, 0.3) is 0 Å². The highest BCUT2D eigenvalue weighted by atomic mass is 16.4. The Morgan fingerprint density at radius 2 is 0.642 bits per heavy atom. The van der Waals surface area contributed by atoms with Crippen LogP contribution in [0.3, 0.4) is 0 Å². The van der Waals surface area contributed by atoms with Crippen LogP contribution >= 0.6 is 0 Å². The average Bonchev–Trinajstić information content (AvgIpc) is 3.33. The molecule has 81 heavy (non-hydrogen) atoms. The summed E-state index contributed by atoms with van der Waals surface area (Å²) in [6.07, 6.45) is -5.80. The van der Waals surface area contributed by atoms with Crippen molar-refractivity contribution in [1.82, 2.24) is 47.9 Å². The van der Waals surface area contributed by atoms with Gasteiger partial charge in [-0.25, -0.2) is 4.79 Å². The van der Waals surface area contributed by atoms with Crippen molar-refractivity contribution in [3.8, 4) is 0 Å². The average molecular weight is 1160 g/mol. The van der Waals surface area contributed by atoms with Crippen LogP contribution in [0.4, 0.5) is 0 Å². The molecule has 0 fully saturated rings. The molecule has 460 valence electrons. The smallest absolute Gasteiger partial charge is 0.326 e. The van der Waals surface area contributed by atoms with Gasteiger partial charge in [-0.3, -0.25) is 62.3 Å². The molecule has 0 aliphatic rings. The maximum Gasteiger partial charge on any atom is 0.326 e. The number of rotatable bonds is 39. The van der Waals surface area contributed by atoms with Gasteiger partial charge in [-0.15, -0.1) is 0 Å². The predicted molar refractivity (Wildman–Crippen MR) is 287 cm³/mol. The summed E-state index contributed by atoms with van der Waals surface area (Å²) in [5.41, 5.74) is 11.2. The summed E-state index contributed by atoms with van der Waals surface area (Å²) in [5.74, 6) is -19.0. The van der Waals surface area contributed by atoms with Gasteiger partial charge in [0, 0.05) is 6.42 Å². The van der Waals surface area contributed by atoms with Crippen LogP contribution in [0.2, 0.25) is 0 Å². The quantitative estimate of drug-likeness (QED) is 0.0293. The van der Waals surface area contributed by atoms with Crippen molar-refractivity contribution in [1.29, 1.82) is 0 Å². The fourth-order valence-corrected chi connectivity index (χ4v) is 7.84. The Morgan fingerprint density at radius 1 is 0.383 bits per heavy atom. The SMILES string of the molecule is CC[C@H](C)[C@H](N)C(=O)N[C@@H](CC(C)C)C(=O)N[C@@H](CC(=O)O)C(=O)N[C@@H](CC(=O)O)C(=O)N[C@@H](CC(C)C)C(=O)N[C@@H](CC(=O)O)C(=O)N[C@@H](CC(C)C)C(=O)N[C@@H](CC(C)C)C(=O)N[C@H](C(=O)N[C@@H](CCC(N)=O)C(=O)O)[C@@H](C)O. The third-order valence-electron chi connectivity index (χ3n) is 12.3. The molecule has 0 aromatic heterocycles. The molecule has 30 heteroatoms. The number of hydrogen-bond donors (Lipinski definition) is 16. The Morgan fingerprint density at radius 3 is 0.889 bits per heavy atom. The van der Waals surface area contributed by atoms with Crippen LogP contribution in [-0.2, 0) is 67.1 Å². The third kappa shape index (κ3) is 29.0. The molecular formula is C51H87N11O19. The number of carboxylic acids is 4. The zero-order valence-electron chi connectivity index (χ0n) is 47.9. The molecule has 0 saturated carbocycles. The number of carbonyl (C=O) groups excluding carboxylic acids is 10. The summed E-state index contributed by atoms with van der Waals surface area (Å²) >= 11 is 0. The second-order valence-electron chi connectivity index (χ2n) is 21.8. The fourth-order valence-electron chi connectivity index (χ4n) is 7.84. The lowest BCUT2D eigenvalue weighted by molar-refractivity contribution is -0.144. The first-order valence-electron chi connectivity index (χ1n) is 26.7. The summed E-state index contributed by atoms with van der Waals surface area (Å²) < 4.78 is 0. The van der Waals surface area contributed by atoms with E-state index in [9.17, 15) is 92.7 Å². The third-order valence-corrected chi connectivity index (χ3v) is 12.3. The lowest BCUT2D eigenvalue weighted by Gasteiger charge is -2.29. The van der Waals surface area contributed by atoms with Crippen molar-refractivity contribution in [2.45, 2.75) is 207 Å². The van der Waals surface area contributed by atoms with E-state index in [1.54, 1.807) is 69.2 Å². The maximum atomic E-state index is 14.0. The predicted octanol–water partition coefficient (Wildman–Crippen LogP) is -2.94. The number of amides is 10. The molecule has 0 bridgehead atoms. The molecule has 0 aliphatic heterocycles. The van der Waals surface area contributed by atoms with Gasteiger partial charge in [-0.05, 0) is 68.6 Å². The van der Waals surface area contributed by atoms with Crippen molar-refractivity contribution in [3.63, 3.8) is 0 Å². The summed E-state index contributed by atoms with van der Waals surface area (Å²) in [4.78, 5) is 182. The van der Waals surface area contributed by atoms with E-state index < -0.39 is 187 Å². The number of carboxylic acid groups (broad SMARTS) is 4. The topological polar surface area (TPSA) is 500 Å². The largest absolute Gasteiger partial charge is 0.481 e. The Bertz CT molecular complexity index is 2230. The Kier molecular flexibility index (Phi) is 32.6. The normalized spacial score (nSPS) is 15.8. The first-order valence-corrected chi connectivity index (χ1v) is 26.7. The van der Waals surface area contributed by atoms with Crippen LogP contribution in [0.1, 0.15) is 140 Å². The molecule has 18 N–H and O–H groups in total. The van der Waals surface area contributed by atoms with Gasteiger partial charge in [0.1, 0.15) is 54.4 Å². The minimum absolute atomic E-state index is 0.0130. The summed E-state index contributed by atoms with van der Waals surface area (Å²) in [6, 6.07) is -16.5. The van der Waals surface area contributed by atoms with Gasteiger partial charge in [0.2, 0.25) is 59.1 Å². The Hall–Kier alpha value is -7.50. The molecule has 0 heterocycles. The van der Waals surface area contributed by atoms with Crippen LogP contribution in [0.15, 0.2) is 0 Å². The van der Waals surface area contributed by atoms with Crippen LogP contribution in [0.5, 0.6) is 0 Å². The van der Waals surface area contributed by atoms with Gasteiger partial charge in [-0.1, -0.05) is 75.7 Å². The van der Waals surface area contributed by atoms with E-state index in [4.69, 9.17) is 11.5 Å². The van der Waals surface area contributed by atoms with Crippen molar-refractivity contribution in [2.24, 2.45) is 41.1 Å². The fraction of sp³-hybridized carbons (Fsp3) is 0.725. The first kappa shape index (κ1) is 73.5. The van der Waals surface area contributed by atoms with Crippen molar-refractivity contribution in [3.05, 3.63) is 0 Å². The van der Waals surface area contributed by atoms with E-state index in [1.807, 2.05) is 0 Å². The van der Waals surface area contributed by atoms with Crippen molar-refractivity contribution < 1.29 is 92.7 Å². The molecular weight excluding hydrogens is 1070 g/mol. The number of aliphatic hydroxyl groups is 1. The zero-order chi connectivity index (χ0) is 62.8. The number of primary amides is 1. The number of nitrogens with one attached hydrogen (secondary N) is 9. The van der Waals surface area contributed by atoms with E-state index in [2.05, 4.69) is 47.9 Å². The number of hydrogen-bond acceptors (Lipinski definition) is 16. The standard InChI is InChI=1S/C51H87N11O19/c1-12-26(10)40(53)49(78)61-31(17-24(6)7)44(73)59-35(21-39(69)70)47(76)60-34(20-38(67)68)46(75)56-30(16-23(4)5)43(72)58-33(19-37(65)66)45(74)55-29(15-22(2)3)42(71)57-32(18-25(8)9)48(77)62-41(27(11)63)50(79)54-28(51(80)81)13-14-36(52)64/h22-35,40-41,63H,12-21,53H2,1-11H3,(H2,52,64)(H,54,79)(H,55,74)(H,56,75)(H,57,71)(H,58,72)(H,59,73)(H,60,76)(H,61,78)(H,62,77)(H,65,66)(H,67,68)(H,69,70)(H,80,81)/t26-,27+,28-,29-,30-,31-,32-,33-,34-,35-,40-,41-/m0/s1. The molecule has 0 radical (unpaired) electrons.